The Morgan fingerprint density at radius 2 is 2.09 bits per heavy atom. The molecule has 1 aromatic carbocycles. The Bertz CT molecular complexity index is 594. The Kier molecular flexibility index (Phi) is 7.13. The van der Waals surface area contributed by atoms with Crippen molar-refractivity contribution in [3.8, 4) is 0 Å². The van der Waals surface area contributed by atoms with Crippen LogP contribution >= 0.6 is 0 Å². The third-order valence-electron chi connectivity index (χ3n) is 3.38. The van der Waals surface area contributed by atoms with E-state index in [9.17, 15) is 0 Å². The molecule has 2 aromatic rings. The summed E-state index contributed by atoms with van der Waals surface area (Å²) in [7, 11) is 1.76. The minimum Gasteiger partial charge on any atom is -0.380 e. The molecule has 0 saturated heterocycles. The molecule has 0 atom stereocenters. The molecule has 1 aromatic heterocycles. The van der Waals surface area contributed by atoms with Gasteiger partial charge in [-0.15, -0.1) is 0 Å². The van der Waals surface area contributed by atoms with E-state index in [2.05, 4.69) is 37.3 Å². The molecule has 0 spiro atoms. The number of aromatic nitrogens is 2. The van der Waals surface area contributed by atoms with E-state index in [1.54, 1.807) is 7.05 Å². The molecular weight excluding hydrogens is 290 g/mol. The van der Waals surface area contributed by atoms with Crippen molar-refractivity contribution in [3.05, 3.63) is 54.1 Å². The lowest BCUT2D eigenvalue weighted by atomic mass is 10.2. The predicted octanol–water partition coefficient (Wildman–Crippen LogP) is 1.63. The highest BCUT2D eigenvalue weighted by molar-refractivity contribution is 5.79. The number of ether oxygens (including phenoxy) is 1. The highest BCUT2D eigenvalue weighted by atomic mass is 16.5. The van der Waals surface area contributed by atoms with Gasteiger partial charge in [0.15, 0.2) is 5.96 Å². The average molecular weight is 315 g/mol. The standard InChI is InChI=1S/C17H25N5O/c1-3-23-12-10-20-17(18-2)21-13-16-19-9-11-22(16)14-15-7-5-4-6-8-15/h4-9,11H,3,10,12-14H2,1-2H3,(H2,18,20,21). The number of imidazole rings is 1. The molecule has 1 heterocycles. The van der Waals surface area contributed by atoms with Gasteiger partial charge in [-0.2, -0.15) is 0 Å². The van der Waals surface area contributed by atoms with Crippen LogP contribution in [0.5, 0.6) is 0 Å². The predicted molar refractivity (Wildman–Crippen MR) is 92.5 cm³/mol. The fourth-order valence-electron chi connectivity index (χ4n) is 2.20. The largest absolute Gasteiger partial charge is 0.380 e. The maximum atomic E-state index is 5.30. The Hall–Kier alpha value is -2.34. The highest BCUT2D eigenvalue weighted by Gasteiger charge is 2.05. The number of hydrogen-bond acceptors (Lipinski definition) is 3. The molecule has 6 nitrogen and oxygen atoms in total. The second kappa shape index (κ2) is 9.63. The van der Waals surface area contributed by atoms with Crippen molar-refractivity contribution >= 4 is 5.96 Å². The monoisotopic (exact) mass is 315 g/mol. The molecule has 124 valence electrons. The summed E-state index contributed by atoms with van der Waals surface area (Å²) < 4.78 is 7.44. The van der Waals surface area contributed by atoms with Crippen LogP contribution in [0.2, 0.25) is 0 Å². The summed E-state index contributed by atoms with van der Waals surface area (Å²) in [4.78, 5) is 8.62. The van der Waals surface area contributed by atoms with Gasteiger partial charge in [0.1, 0.15) is 5.82 Å². The van der Waals surface area contributed by atoms with Gasteiger partial charge in [0.05, 0.1) is 13.2 Å². The van der Waals surface area contributed by atoms with Gasteiger partial charge >= 0.3 is 0 Å². The van der Waals surface area contributed by atoms with E-state index in [1.807, 2.05) is 37.5 Å². The van der Waals surface area contributed by atoms with Crippen LogP contribution in [-0.2, 0) is 17.8 Å². The van der Waals surface area contributed by atoms with Gasteiger partial charge in [0.2, 0.25) is 0 Å². The Morgan fingerprint density at radius 3 is 2.83 bits per heavy atom. The van der Waals surface area contributed by atoms with Gasteiger partial charge < -0.3 is 19.9 Å². The molecule has 6 heteroatoms. The molecule has 23 heavy (non-hydrogen) atoms. The molecule has 0 aliphatic heterocycles. The first-order valence-corrected chi connectivity index (χ1v) is 7.89. The summed E-state index contributed by atoms with van der Waals surface area (Å²) in [5.74, 6) is 1.72. The zero-order valence-corrected chi connectivity index (χ0v) is 13.8. The number of aliphatic imine (C=N–C) groups is 1. The molecule has 0 radical (unpaired) electrons. The van der Waals surface area contributed by atoms with Crippen molar-refractivity contribution < 1.29 is 4.74 Å². The van der Waals surface area contributed by atoms with E-state index in [0.717, 1.165) is 31.5 Å². The first-order chi connectivity index (χ1) is 11.3. The number of benzene rings is 1. The molecule has 0 aliphatic rings. The van der Waals surface area contributed by atoms with Crippen LogP contribution < -0.4 is 10.6 Å². The third kappa shape index (κ3) is 5.75. The Balaban J connectivity index is 1.85. The van der Waals surface area contributed by atoms with Crippen molar-refractivity contribution in [1.82, 2.24) is 20.2 Å². The van der Waals surface area contributed by atoms with Crippen LogP contribution in [0.15, 0.2) is 47.7 Å². The van der Waals surface area contributed by atoms with Gasteiger partial charge in [-0.05, 0) is 12.5 Å². The average Bonchev–Trinajstić information content (AvgIpc) is 3.02. The van der Waals surface area contributed by atoms with Crippen LogP contribution in [0.4, 0.5) is 0 Å². The zero-order valence-electron chi connectivity index (χ0n) is 13.8. The molecule has 0 bridgehead atoms. The Labute approximate surface area is 137 Å². The Morgan fingerprint density at radius 1 is 1.26 bits per heavy atom. The molecule has 0 saturated carbocycles. The first kappa shape index (κ1) is 17.0. The fraction of sp³-hybridized carbons (Fsp3) is 0.412. The lowest BCUT2D eigenvalue weighted by molar-refractivity contribution is 0.152. The fourth-order valence-corrected chi connectivity index (χ4v) is 2.20. The van der Waals surface area contributed by atoms with Gasteiger partial charge in [0.25, 0.3) is 0 Å². The van der Waals surface area contributed by atoms with Crippen molar-refractivity contribution in [1.29, 1.82) is 0 Å². The van der Waals surface area contributed by atoms with Crippen LogP contribution in [-0.4, -0.2) is 42.3 Å². The van der Waals surface area contributed by atoms with Crippen LogP contribution in [0.3, 0.4) is 0 Å². The normalized spacial score (nSPS) is 11.5. The first-order valence-electron chi connectivity index (χ1n) is 7.89. The summed E-state index contributed by atoms with van der Waals surface area (Å²) in [5, 5.41) is 6.49. The number of hydrogen-bond donors (Lipinski definition) is 2. The van der Waals surface area contributed by atoms with E-state index in [0.29, 0.717) is 13.2 Å². The topological polar surface area (TPSA) is 63.5 Å². The smallest absolute Gasteiger partial charge is 0.191 e. The van der Waals surface area contributed by atoms with Gasteiger partial charge in [-0.25, -0.2) is 4.98 Å². The molecular formula is C17H25N5O. The van der Waals surface area contributed by atoms with E-state index in [1.165, 1.54) is 5.56 Å². The molecule has 2 rings (SSSR count). The summed E-state index contributed by atoms with van der Waals surface area (Å²) in [5.41, 5.74) is 1.26. The van der Waals surface area contributed by atoms with E-state index >= 15 is 0 Å². The number of rotatable bonds is 8. The molecule has 0 aliphatic carbocycles. The third-order valence-corrected chi connectivity index (χ3v) is 3.38. The molecule has 2 N–H and O–H groups in total. The lowest BCUT2D eigenvalue weighted by Gasteiger charge is -2.13. The van der Waals surface area contributed by atoms with E-state index in [-0.39, 0.29) is 0 Å². The van der Waals surface area contributed by atoms with Crippen molar-refractivity contribution in [3.63, 3.8) is 0 Å². The maximum Gasteiger partial charge on any atom is 0.191 e. The van der Waals surface area contributed by atoms with Crippen molar-refractivity contribution in [2.24, 2.45) is 4.99 Å². The van der Waals surface area contributed by atoms with Crippen LogP contribution in [0.1, 0.15) is 18.3 Å². The zero-order chi connectivity index (χ0) is 16.3. The SMILES string of the molecule is CCOCCNC(=NC)NCc1nccn1Cc1ccccc1. The molecule has 0 amide bonds. The van der Waals surface area contributed by atoms with Crippen LogP contribution in [0, 0.1) is 0 Å². The van der Waals surface area contributed by atoms with E-state index < -0.39 is 0 Å². The van der Waals surface area contributed by atoms with Gasteiger partial charge in [-0.1, -0.05) is 30.3 Å². The second-order valence-corrected chi connectivity index (χ2v) is 5.01. The van der Waals surface area contributed by atoms with Crippen LogP contribution in [0.25, 0.3) is 0 Å². The number of nitrogens with one attached hydrogen (secondary N) is 2. The lowest BCUT2D eigenvalue weighted by Crippen LogP contribution is -2.39. The maximum absolute atomic E-state index is 5.30. The summed E-state index contributed by atoms with van der Waals surface area (Å²) in [6.07, 6.45) is 3.82. The molecule has 0 unspecified atom stereocenters. The summed E-state index contributed by atoms with van der Waals surface area (Å²) in [6.45, 7) is 5.54. The minimum atomic E-state index is 0.619. The quantitative estimate of drug-likeness (QED) is 0.441. The number of nitrogens with zero attached hydrogens (tertiary/aromatic N) is 3. The van der Waals surface area contributed by atoms with Crippen molar-refractivity contribution in [2.45, 2.75) is 20.0 Å². The summed E-state index contributed by atoms with van der Waals surface area (Å²) in [6, 6.07) is 10.4. The highest BCUT2D eigenvalue weighted by Crippen LogP contribution is 2.05. The summed E-state index contributed by atoms with van der Waals surface area (Å²) >= 11 is 0. The van der Waals surface area contributed by atoms with Gasteiger partial charge in [-0.3, -0.25) is 4.99 Å². The number of guanidine groups is 1. The van der Waals surface area contributed by atoms with E-state index in [4.69, 9.17) is 4.74 Å². The molecule has 0 fully saturated rings. The van der Waals surface area contributed by atoms with Crippen molar-refractivity contribution in [2.75, 3.05) is 26.8 Å². The minimum absolute atomic E-state index is 0.619. The second-order valence-electron chi connectivity index (χ2n) is 5.01. The van der Waals surface area contributed by atoms with Gasteiger partial charge in [0, 0.05) is 39.1 Å².